The van der Waals surface area contributed by atoms with Crippen LogP contribution < -0.4 is 10.5 Å². The molecule has 100 valence electrons. The van der Waals surface area contributed by atoms with Crippen LogP contribution in [0, 0.1) is 5.41 Å². The van der Waals surface area contributed by atoms with Gasteiger partial charge in [-0.25, -0.2) is 4.98 Å². The van der Waals surface area contributed by atoms with Crippen LogP contribution in [-0.2, 0) is 0 Å². The Balaban J connectivity index is 2.19. The van der Waals surface area contributed by atoms with Crippen LogP contribution in [0.25, 0.3) is 0 Å². The van der Waals surface area contributed by atoms with Gasteiger partial charge in [0, 0.05) is 6.20 Å². The molecule has 0 atom stereocenters. The third-order valence-electron chi connectivity index (χ3n) is 2.64. The van der Waals surface area contributed by atoms with Gasteiger partial charge in [0.15, 0.2) is 0 Å². The molecule has 1 aromatic rings. The third-order valence-corrected chi connectivity index (χ3v) is 2.64. The first-order chi connectivity index (χ1) is 8.74. The van der Waals surface area contributed by atoms with E-state index in [1.807, 2.05) is 0 Å². The molecule has 0 amide bonds. The number of nitrogen functional groups attached to an aromatic ring is 1. The molecular formula is C13H22N4O. The summed E-state index contributed by atoms with van der Waals surface area (Å²) in [4.78, 5) is 8.02. The minimum atomic E-state index is -0.0678. The van der Waals surface area contributed by atoms with Crippen LogP contribution in [-0.4, -0.2) is 22.4 Å². The Morgan fingerprint density at radius 3 is 2.72 bits per heavy atom. The molecule has 5 heteroatoms. The van der Waals surface area contributed by atoms with Crippen LogP contribution >= 0.6 is 0 Å². The Kier molecular flexibility index (Phi) is 6.76. The number of rotatable bonds is 9. The summed E-state index contributed by atoms with van der Waals surface area (Å²) in [6.45, 7) is 2.83. The van der Waals surface area contributed by atoms with Crippen molar-refractivity contribution in [3.8, 4) is 6.01 Å². The van der Waals surface area contributed by atoms with Crippen molar-refractivity contribution >= 4 is 5.84 Å². The van der Waals surface area contributed by atoms with Crippen LogP contribution in [0.15, 0.2) is 12.3 Å². The summed E-state index contributed by atoms with van der Waals surface area (Å²) in [5.41, 5.74) is 5.75. The van der Waals surface area contributed by atoms with Gasteiger partial charge in [-0.05, 0) is 12.5 Å². The Labute approximate surface area is 108 Å². The first kappa shape index (κ1) is 14.4. The third kappa shape index (κ3) is 5.61. The number of nitrogens with zero attached hydrogens (tertiary/aromatic N) is 2. The van der Waals surface area contributed by atoms with Crippen molar-refractivity contribution in [2.24, 2.45) is 5.73 Å². The molecule has 0 bridgehead atoms. The van der Waals surface area contributed by atoms with Crippen LogP contribution in [0.2, 0.25) is 0 Å². The normalized spacial score (nSPS) is 10.3. The Bertz CT molecular complexity index is 368. The molecule has 3 N–H and O–H groups in total. The molecule has 0 saturated heterocycles. The molecule has 18 heavy (non-hydrogen) atoms. The van der Waals surface area contributed by atoms with Gasteiger partial charge >= 0.3 is 6.01 Å². The standard InChI is InChI=1S/C13H22N4O/c1-2-3-4-5-6-7-10-18-13-16-9-8-11(17-13)12(14)15/h8-9H,2-7,10H2,1H3,(H3,14,15). The second-order valence-electron chi connectivity index (χ2n) is 4.25. The van der Waals surface area contributed by atoms with E-state index in [0.717, 1.165) is 6.42 Å². The van der Waals surface area contributed by atoms with E-state index in [-0.39, 0.29) is 5.84 Å². The van der Waals surface area contributed by atoms with Gasteiger partial charge in [-0.2, -0.15) is 4.98 Å². The highest BCUT2D eigenvalue weighted by Crippen LogP contribution is 2.07. The lowest BCUT2D eigenvalue weighted by Crippen LogP contribution is -2.14. The number of hydrogen-bond acceptors (Lipinski definition) is 4. The SMILES string of the molecule is CCCCCCCCOc1nccc(C(=N)N)n1. The predicted octanol–water partition coefficient (Wildman–Crippen LogP) is 2.50. The highest BCUT2D eigenvalue weighted by molar-refractivity contribution is 5.92. The zero-order chi connectivity index (χ0) is 13.2. The number of hydrogen-bond donors (Lipinski definition) is 2. The van der Waals surface area contributed by atoms with Gasteiger partial charge in [0.25, 0.3) is 0 Å². The molecule has 0 radical (unpaired) electrons. The van der Waals surface area contributed by atoms with E-state index in [9.17, 15) is 0 Å². The molecule has 0 saturated carbocycles. The number of nitrogens with two attached hydrogens (primary N) is 1. The molecular weight excluding hydrogens is 228 g/mol. The fourth-order valence-corrected chi connectivity index (χ4v) is 1.61. The van der Waals surface area contributed by atoms with Crippen molar-refractivity contribution in [3.05, 3.63) is 18.0 Å². The van der Waals surface area contributed by atoms with E-state index in [4.69, 9.17) is 15.9 Å². The largest absolute Gasteiger partial charge is 0.463 e. The summed E-state index contributed by atoms with van der Waals surface area (Å²) in [6, 6.07) is 1.90. The number of ether oxygens (including phenoxy) is 1. The van der Waals surface area contributed by atoms with E-state index in [0.29, 0.717) is 18.3 Å². The van der Waals surface area contributed by atoms with Crippen LogP contribution in [0.1, 0.15) is 51.1 Å². The molecule has 0 fully saturated rings. The van der Waals surface area contributed by atoms with E-state index >= 15 is 0 Å². The molecule has 1 rings (SSSR count). The number of unbranched alkanes of at least 4 members (excludes halogenated alkanes) is 5. The summed E-state index contributed by atoms with van der Waals surface area (Å²) in [5, 5.41) is 7.27. The summed E-state index contributed by atoms with van der Waals surface area (Å²) < 4.78 is 5.43. The highest BCUT2D eigenvalue weighted by Gasteiger charge is 2.02. The minimum Gasteiger partial charge on any atom is -0.463 e. The lowest BCUT2D eigenvalue weighted by Gasteiger charge is -2.05. The lowest BCUT2D eigenvalue weighted by molar-refractivity contribution is 0.281. The van der Waals surface area contributed by atoms with E-state index in [2.05, 4.69) is 16.9 Å². The summed E-state index contributed by atoms with van der Waals surface area (Å²) in [5.74, 6) is -0.0678. The van der Waals surface area contributed by atoms with Gasteiger partial charge in [-0.1, -0.05) is 39.0 Å². The average Bonchev–Trinajstić information content (AvgIpc) is 2.38. The van der Waals surface area contributed by atoms with Crippen LogP contribution in [0.3, 0.4) is 0 Å². The van der Waals surface area contributed by atoms with Crippen molar-refractivity contribution in [3.63, 3.8) is 0 Å². The fourth-order valence-electron chi connectivity index (χ4n) is 1.61. The first-order valence-corrected chi connectivity index (χ1v) is 6.54. The Morgan fingerprint density at radius 1 is 1.28 bits per heavy atom. The van der Waals surface area contributed by atoms with Crippen molar-refractivity contribution < 1.29 is 4.74 Å². The Hall–Kier alpha value is -1.65. The number of amidine groups is 1. The molecule has 5 nitrogen and oxygen atoms in total. The molecule has 0 unspecified atom stereocenters. The van der Waals surface area contributed by atoms with E-state index < -0.39 is 0 Å². The maximum atomic E-state index is 7.27. The fraction of sp³-hybridized carbons (Fsp3) is 0.615. The smallest absolute Gasteiger partial charge is 0.316 e. The monoisotopic (exact) mass is 250 g/mol. The van der Waals surface area contributed by atoms with Gasteiger partial charge in [-0.3, -0.25) is 5.41 Å². The zero-order valence-electron chi connectivity index (χ0n) is 11.0. The minimum absolute atomic E-state index is 0.0678. The van der Waals surface area contributed by atoms with Gasteiger partial charge in [0.2, 0.25) is 0 Å². The molecule has 1 heterocycles. The topological polar surface area (TPSA) is 84.9 Å². The van der Waals surface area contributed by atoms with Crippen molar-refractivity contribution in [2.45, 2.75) is 45.4 Å². The maximum absolute atomic E-state index is 7.27. The maximum Gasteiger partial charge on any atom is 0.316 e. The van der Waals surface area contributed by atoms with Crippen LogP contribution in [0.5, 0.6) is 6.01 Å². The van der Waals surface area contributed by atoms with E-state index in [1.54, 1.807) is 12.3 Å². The summed E-state index contributed by atoms with van der Waals surface area (Å²) in [6.07, 6.45) is 8.87. The summed E-state index contributed by atoms with van der Waals surface area (Å²) in [7, 11) is 0. The van der Waals surface area contributed by atoms with E-state index in [1.165, 1.54) is 32.1 Å². The highest BCUT2D eigenvalue weighted by atomic mass is 16.5. The molecule has 0 aliphatic heterocycles. The molecule has 0 aliphatic carbocycles. The molecule has 0 aromatic carbocycles. The van der Waals surface area contributed by atoms with Gasteiger partial charge in [0.05, 0.1) is 6.61 Å². The van der Waals surface area contributed by atoms with Crippen LogP contribution in [0.4, 0.5) is 0 Å². The van der Waals surface area contributed by atoms with Gasteiger partial charge < -0.3 is 10.5 Å². The van der Waals surface area contributed by atoms with Gasteiger partial charge in [-0.15, -0.1) is 0 Å². The predicted molar refractivity (Wildman–Crippen MR) is 71.9 cm³/mol. The average molecular weight is 250 g/mol. The van der Waals surface area contributed by atoms with Crippen molar-refractivity contribution in [2.75, 3.05) is 6.61 Å². The molecule has 1 aromatic heterocycles. The second kappa shape index (κ2) is 8.44. The summed E-state index contributed by atoms with van der Waals surface area (Å²) >= 11 is 0. The lowest BCUT2D eigenvalue weighted by atomic mass is 10.1. The molecule has 0 spiro atoms. The zero-order valence-corrected chi connectivity index (χ0v) is 11.0. The van der Waals surface area contributed by atoms with Crippen molar-refractivity contribution in [1.82, 2.24) is 9.97 Å². The second-order valence-corrected chi connectivity index (χ2v) is 4.25. The first-order valence-electron chi connectivity index (χ1n) is 6.54. The Morgan fingerprint density at radius 2 is 2.00 bits per heavy atom. The quantitative estimate of drug-likeness (QED) is 0.400. The number of aromatic nitrogens is 2. The number of nitrogens with one attached hydrogen (secondary N) is 1. The van der Waals surface area contributed by atoms with Gasteiger partial charge in [0.1, 0.15) is 11.5 Å². The van der Waals surface area contributed by atoms with Crippen molar-refractivity contribution in [1.29, 1.82) is 5.41 Å². The molecule has 0 aliphatic rings.